The number of aromatic nitrogens is 3. The average Bonchev–Trinajstić information content (AvgIpc) is 3.01. The number of ether oxygens (including phenoxy) is 1. The van der Waals surface area contributed by atoms with Crippen molar-refractivity contribution in [3.8, 4) is 5.88 Å². The second-order valence-corrected chi connectivity index (χ2v) is 6.73. The van der Waals surface area contributed by atoms with Gasteiger partial charge in [-0.1, -0.05) is 18.2 Å². The van der Waals surface area contributed by atoms with Crippen LogP contribution in [0.4, 0.5) is 0 Å². The molecule has 2 aromatic heterocycles. The third kappa shape index (κ3) is 2.66. The molecule has 3 aromatic rings. The maximum Gasteiger partial charge on any atom is 0.260 e. The highest BCUT2D eigenvalue weighted by atomic mass is 32.1. The Labute approximate surface area is 154 Å². The number of H-pyrrole nitrogens is 2. The van der Waals surface area contributed by atoms with Gasteiger partial charge >= 0.3 is 0 Å². The zero-order valence-electron chi connectivity index (χ0n) is 14.3. The molecule has 7 nitrogen and oxygen atoms in total. The van der Waals surface area contributed by atoms with Crippen molar-refractivity contribution in [2.75, 3.05) is 20.3 Å². The standard InChI is InChI=1S/C18H20N4O3S/c1-25-9-8-22-17(24)13(16(23)21-18(22)26)15-14-11(6-7-19-15)10-4-2-3-5-12(10)20-14/h2-5,15,19-20,24H,6-9H2,1H3,(H,21,23,26)/t15-/m1/s1. The minimum absolute atomic E-state index is 0.125. The average molecular weight is 372 g/mol. The molecule has 0 aliphatic carbocycles. The molecule has 0 unspecified atom stereocenters. The molecule has 0 amide bonds. The molecule has 0 saturated heterocycles. The summed E-state index contributed by atoms with van der Waals surface area (Å²) < 4.78 is 6.75. The Morgan fingerprint density at radius 3 is 2.96 bits per heavy atom. The van der Waals surface area contributed by atoms with Gasteiger partial charge in [-0.05, 0) is 30.3 Å². The van der Waals surface area contributed by atoms with E-state index in [0.717, 1.165) is 23.0 Å². The van der Waals surface area contributed by atoms with Gasteiger partial charge in [-0.25, -0.2) is 0 Å². The maximum atomic E-state index is 12.6. The zero-order chi connectivity index (χ0) is 18.3. The van der Waals surface area contributed by atoms with Gasteiger partial charge < -0.3 is 20.1 Å². The van der Waals surface area contributed by atoms with Crippen molar-refractivity contribution in [1.82, 2.24) is 19.9 Å². The fourth-order valence-electron chi connectivity index (χ4n) is 3.65. The number of hydrogen-bond donors (Lipinski definition) is 4. The van der Waals surface area contributed by atoms with Crippen LogP contribution in [0.15, 0.2) is 29.1 Å². The molecular weight excluding hydrogens is 352 g/mol. The molecule has 1 aliphatic heterocycles. The molecule has 0 spiro atoms. The molecule has 0 saturated carbocycles. The smallest absolute Gasteiger partial charge is 0.260 e. The highest BCUT2D eigenvalue weighted by molar-refractivity contribution is 7.71. The maximum absolute atomic E-state index is 12.6. The molecular formula is C18H20N4O3S. The molecule has 1 aliphatic rings. The highest BCUT2D eigenvalue weighted by Gasteiger charge is 2.30. The number of nitrogens with one attached hydrogen (secondary N) is 3. The Morgan fingerprint density at radius 1 is 1.35 bits per heavy atom. The summed E-state index contributed by atoms with van der Waals surface area (Å²) in [6.07, 6.45) is 0.858. The third-order valence-electron chi connectivity index (χ3n) is 4.87. The first-order valence-electron chi connectivity index (χ1n) is 8.49. The lowest BCUT2D eigenvalue weighted by Crippen LogP contribution is -2.35. The summed E-state index contributed by atoms with van der Waals surface area (Å²) >= 11 is 5.20. The second kappa shape index (κ2) is 6.71. The third-order valence-corrected chi connectivity index (χ3v) is 5.20. The molecule has 1 aromatic carbocycles. The van der Waals surface area contributed by atoms with E-state index in [1.807, 2.05) is 18.2 Å². The van der Waals surface area contributed by atoms with Crippen molar-refractivity contribution in [3.63, 3.8) is 0 Å². The molecule has 0 fully saturated rings. The predicted octanol–water partition coefficient (Wildman–Crippen LogP) is 1.97. The molecule has 0 radical (unpaired) electrons. The lowest BCUT2D eigenvalue weighted by atomic mass is 9.95. The lowest BCUT2D eigenvalue weighted by Gasteiger charge is -2.25. The summed E-state index contributed by atoms with van der Waals surface area (Å²) in [5.41, 5.74) is 2.99. The van der Waals surface area contributed by atoms with E-state index in [1.54, 1.807) is 7.11 Å². The Hall–Kier alpha value is -2.42. The molecule has 26 heavy (non-hydrogen) atoms. The van der Waals surface area contributed by atoms with Gasteiger partial charge in [-0.15, -0.1) is 0 Å². The predicted molar refractivity (Wildman–Crippen MR) is 101 cm³/mol. The van der Waals surface area contributed by atoms with E-state index in [-0.39, 0.29) is 21.8 Å². The van der Waals surface area contributed by atoms with Gasteiger partial charge in [-0.3, -0.25) is 14.3 Å². The van der Waals surface area contributed by atoms with Crippen LogP contribution in [-0.4, -0.2) is 39.9 Å². The van der Waals surface area contributed by atoms with Crippen LogP contribution in [0.5, 0.6) is 5.88 Å². The molecule has 4 N–H and O–H groups in total. The molecule has 1 atom stereocenters. The Morgan fingerprint density at radius 2 is 2.15 bits per heavy atom. The monoisotopic (exact) mass is 372 g/mol. The second-order valence-electron chi connectivity index (χ2n) is 6.34. The van der Waals surface area contributed by atoms with E-state index in [0.29, 0.717) is 19.7 Å². The number of aromatic amines is 2. The topological polar surface area (TPSA) is 95.1 Å². The number of nitrogens with zero attached hydrogens (tertiary/aromatic N) is 1. The summed E-state index contributed by atoms with van der Waals surface area (Å²) in [5, 5.41) is 15.3. The molecule has 136 valence electrons. The first-order valence-corrected chi connectivity index (χ1v) is 8.90. The number of hydrogen-bond acceptors (Lipinski definition) is 5. The summed E-state index contributed by atoms with van der Waals surface area (Å²) in [5.74, 6) is -0.125. The van der Waals surface area contributed by atoms with Crippen LogP contribution in [0.1, 0.15) is 22.9 Å². The first kappa shape index (κ1) is 17.0. The van der Waals surface area contributed by atoms with Crippen molar-refractivity contribution >= 4 is 23.1 Å². The lowest BCUT2D eigenvalue weighted by molar-refractivity contribution is 0.182. The van der Waals surface area contributed by atoms with E-state index in [4.69, 9.17) is 17.0 Å². The Kier molecular flexibility index (Phi) is 4.39. The Balaban J connectivity index is 1.90. The molecule has 3 heterocycles. The minimum Gasteiger partial charge on any atom is -0.494 e. The summed E-state index contributed by atoms with van der Waals surface area (Å²) in [7, 11) is 1.58. The normalized spacial score (nSPS) is 16.7. The van der Waals surface area contributed by atoms with Crippen LogP contribution >= 0.6 is 12.2 Å². The highest BCUT2D eigenvalue weighted by Crippen LogP contribution is 2.34. The number of benzene rings is 1. The Bertz CT molecular complexity index is 1080. The fraction of sp³-hybridized carbons (Fsp3) is 0.333. The van der Waals surface area contributed by atoms with Gasteiger partial charge in [0.15, 0.2) is 4.77 Å². The van der Waals surface area contributed by atoms with Crippen LogP contribution in [-0.2, 0) is 17.7 Å². The van der Waals surface area contributed by atoms with E-state index in [1.165, 1.54) is 10.1 Å². The van der Waals surface area contributed by atoms with Gasteiger partial charge in [0.1, 0.15) is 5.56 Å². The molecule has 0 bridgehead atoms. The van der Waals surface area contributed by atoms with Gasteiger partial charge in [-0.2, -0.15) is 0 Å². The summed E-state index contributed by atoms with van der Waals surface area (Å²) in [6.45, 7) is 1.45. The van der Waals surface area contributed by atoms with Gasteiger partial charge in [0.05, 0.1) is 19.2 Å². The van der Waals surface area contributed by atoms with E-state index in [9.17, 15) is 9.90 Å². The van der Waals surface area contributed by atoms with Crippen LogP contribution in [0.3, 0.4) is 0 Å². The van der Waals surface area contributed by atoms with Crippen LogP contribution in [0, 0.1) is 4.77 Å². The van der Waals surface area contributed by atoms with E-state index in [2.05, 4.69) is 21.4 Å². The van der Waals surface area contributed by atoms with Gasteiger partial charge in [0, 0.05) is 30.3 Å². The molecule has 8 heteroatoms. The summed E-state index contributed by atoms with van der Waals surface area (Å²) in [4.78, 5) is 18.7. The van der Waals surface area contributed by atoms with Crippen LogP contribution in [0.25, 0.3) is 10.9 Å². The molecule has 4 rings (SSSR count). The summed E-state index contributed by atoms with van der Waals surface area (Å²) in [6, 6.07) is 7.63. The van der Waals surface area contributed by atoms with E-state index >= 15 is 0 Å². The first-order chi connectivity index (χ1) is 12.6. The van der Waals surface area contributed by atoms with E-state index < -0.39 is 6.04 Å². The van der Waals surface area contributed by atoms with Crippen molar-refractivity contribution in [1.29, 1.82) is 0 Å². The number of aromatic hydroxyl groups is 1. The van der Waals surface area contributed by atoms with Crippen molar-refractivity contribution in [3.05, 3.63) is 56.2 Å². The largest absolute Gasteiger partial charge is 0.494 e. The van der Waals surface area contributed by atoms with Gasteiger partial charge in [0.25, 0.3) is 5.56 Å². The quantitative estimate of drug-likeness (QED) is 0.525. The number of fused-ring (bicyclic) bond motifs is 3. The SMILES string of the molecule is COCCn1c(O)c([C@H]2NCCc3c2[nH]c2ccccc32)c(=O)[nH]c1=S. The van der Waals surface area contributed by atoms with Crippen molar-refractivity contribution < 1.29 is 9.84 Å². The van der Waals surface area contributed by atoms with Crippen LogP contribution in [0.2, 0.25) is 0 Å². The van der Waals surface area contributed by atoms with Crippen molar-refractivity contribution in [2.24, 2.45) is 0 Å². The number of methoxy groups -OCH3 is 1. The fourth-order valence-corrected chi connectivity index (χ4v) is 3.92. The minimum atomic E-state index is -0.431. The zero-order valence-corrected chi connectivity index (χ0v) is 15.2. The van der Waals surface area contributed by atoms with Crippen molar-refractivity contribution in [2.45, 2.75) is 19.0 Å². The van der Waals surface area contributed by atoms with Crippen LogP contribution < -0.4 is 10.9 Å². The number of para-hydroxylation sites is 1. The van der Waals surface area contributed by atoms with Gasteiger partial charge in [0.2, 0.25) is 5.88 Å². The number of rotatable bonds is 4.